The zero-order chi connectivity index (χ0) is 13.8. The van der Waals surface area contributed by atoms with E-state index < -0.39 is 5.24 Å². The third-order valence-electron chi connectivity index (χ3n) is 2.65. The van der Waals surface area contributed by atoms with Crippen LogP contribution in [0.3, 0.4) is 0 Å². The van der Waals surface area contributed by atoms with Crippen molar-refractivity contribution in [3.8, 4) is 11.3 Å². The summed E-state index contributed by atoms with van der Waals surface area (Å²) in [5.74, 6) is 0.0461. The molecule has 1 heterocycles. The van der Waals surface area contributed by atoms with E-state index in [1.165, 1.54) is 0 Å². The number of hydrogen-bond donors (Lipinski definition) is 2. The zero-order valence-electron chi connectivity index (χ0n) is 10.0. The van der Waals surface area contributed by atoms with Crippen LogP contribution in [0.5, 0.6) is 0 Å². The second-order valence-corrected chi connectivity index (χ2v) is 4.42. The Hall–Kier alpha value is -2.14. The minimum atomic E-state index is -0.491. The molecule has 0 amide bonds. The molecule has 19 heavy (non-hydrogen) atoms. The maximum atomic E-state index is 11.9. The average Bonchev–Trinajstić information content (AvgIpc) is 2.37. The third-order valence-corrected chi connectivity index (χ3v) is 2.84. The van der Waals surface area contributed by atoms with Gasteiger partial charge in [0.2, 0.25) is 11.2 Å². The molecule has 1 aromatic carbocycles. The summed E-state index contributed by atoms with van der Waals surface area (Å²) in [6.45, 7) is 0. The van der Waals surface area contributed by atoms with Gasteiger partial charge in [0.1, 0.15) is 0 Å². The number of H-pyrrole nitrogens is 1. The van der Waals surface area contributed by atoms with Crippen molar-refractivity contribution in [1.29, 1.82) is 0 Å². The van der Waals surface area contributed by atoms with E-state index >= 15 is 0 Å². The van der Waals surface area contributed by atoms with E-state index in [9.17, 15) is 9.59 Å². The Morgan fingerprint density at radius 2 is 2.00 bits per heavy atom. The topological polar surface area (TPSA) is 88.8 Å². The molecule has 5 nitrogen and oxygen atoms in total. The molecule has 0 aliphatic rings. The highest BCUT2D eigenvalue weighted by molar-refractivity contribution is 6.63. The van der Waals surface area contributed by atoms with Gasteiger partial charge in [-0.05, 0) is 18.0 Å². The molecule has 1 aromatic heterocycles. The first-order valence-corrected chi connectivity index (χ1v) is 6.08. The molecular formula is C13H12ClN3O2. The maximum absolute atomic E-state index is 11.9. The van der Waals surface area contributed by atoms with Gasteiger partial charge >= 0.3 is 0 Å². The predicted molar refractivity (Wildman–Crippen MR) is 73.9 cm³/mol. The second-order valence-electron chi connectivity index (χ2n) is 4.00. The van der Waals surface area contributed by atoms with Crippen LogP contribution in [0, 0.1) is 0 Å². The number of hydrogen-bond acceptors (Lipinski definition) is 4. The summed E-state index contributed by atoms with van der Waals surface area (Å²) in [5, 5.41) is -0.491. The summed E-state index contributed by atoms with van der Waals surface area (Å²) in [6, 6.07) is 9.19. The van der Waals surface area contributed by atoms with Crippen molar-refractivity contribution in [2.75, 3.05) is 5.73 Å². The third kappa shape index (κ3) is 3.20. The van der Waals surface area contributed by atoms with Crippen molar-refractivity contribution in [2.24, 2.45) is 0 Å². The smallest absolute Gasteiger partial charge is 0.256 e. The summed E-state index contributed by atoms with van der Waals surface area (Å²) in [6.07, 6.45) is 0.311. The lowest BCUT2D eigenvalue weighted by Gasteiger charge is -2.08. The van der Waals surface area contributed by atoms with E-state index in [-0.39, 0.29) is 24.3 Å². The quantitative estimate of drug-likeness (QED) is 0.833. The van der Waals surface area contributed by atoms with Crippen LogP contribution in [-0.4, -0.2) is 15.2 Å². The molecule has 0 fully saturated rings. The first-order valence-electron chi connectivity index (χ1n) is 5.70. The number of carbonyl (C=O) groups is 1. The normalized spacial score (nSPS) is 10.4. The van der Waals surface area contributed by atoms with Crippen molar-refractivity contribution in [3.05, 3.63) is 46.2 Å². The van der Waals surface area contributed by atoms with Crippen molar-refractivity contribution in [2.45, 2.75) is 12.8 Å². The highest BCUT2D eigenvalue weighted by atomic mass is 35.5. The van der Waals surface area contributed by atoms with Gasteiger partial charge in [-0.1, -0.05) is 30.3 Å². The molecule has 0 spiro atoms. The molecule has 2 aromatic rings. The summed E-state index contributed by atoms with van der Waals surface area (Å²) < 4.78 is 0. The Labute approximate surface area is 114 Å². The first kappa shape index (κ1) is 13.3. The van der Waals surface area contributed by atoms with E-state index in [1.807, 2.05) is 30.3 Å². The molecule has 0 aliphatic heterocycles. The molecular weight excluding hydrogens is 266 g/mol. The number of aromatic nitrogens is 2. The predicted octanol–water partition coefficient (Wildman–Crippen LogP) is 1.72. The van der Waals surface area contributed by atoms with Crippen LogP contribution in [0.25, 0.3) is 11.3 Å². The van der Waals surface area contributed by atoms with Gasteiger partial charge in [-0.15, -0.1) is 0 Å². The van der Waals surface area contributed by atoms with Crippen molar-refractivity contribution in [1.82, 2.24) is 9.97 Å². The minimum Gasteiger partial charge on any atom is -0.369 e. The van der Waals surface area contributed by atoms with Crippen LogP contribution in [0.2, 0.25) is 0 Å². The van der Waals surface area contributed by atoms with E-state index in [0.29, 0.717) is 11.3 Å². The Morgan fingerprint density at radius 3 is 2.63 bits per heavy atom. The van der Waals surface area contributed by atoms with Gasteiger partial charge in [0.25, 0.3) is 5.56 Å². The largest absolute Gasteiger partial charge is 0.369 e. The molecule has 0 atom stereocenters. The van der Waals surface area contributed by atoms with Crippen molar-refractivity contribution in [3.63, 3.8) is 0 Å². The van der Waals surface area contributed by atoms with E-state index in [4.69, 9.17) is 17.3 Å². The highest BCUT2D eigenvalue weighted by Crippen LogP contribution is 2.20. The maximum Gasteiger partial charge on any atom is 0.256 e. The number of anilines is 1. The van der Waals surface area contributed by atoms with Crippen LogP contribution in [-0.2, 0) is 11.2 Å². The molecule has 3 N–H and O–H groups in total. The number of nitrogens with one attached hydrogen (secondary N) is 1. The van der Waals surface area contributed by atoms with E-state index in [1.54, 1.807) is 0 Å². The van der Waals surface area contributed by atoms with E-state index in [2.05, 4.69) is 9.97 Å². The molecule has 0 aliphatic carbocycles. The molecule has 0 saturated carbocycles. The summed E-state index contributed by atoms with van der Waals surface area (Å²) in [5.41, 5.74) is 6.89. The Bertz CT molecular complexity index is 653. The van der Waals surface area contributed by atoms with Gasteiger partial charge in [0.05, 0.1) is 5.69 Å². The molecule has 0 unspecified atom stereocenters. The summed E-state index contributed by atoms with van der Waals surface area (Å²) >= 11 is 5.31. The van der Waals surface area contributed by atoms with Crippen LogP contribution < -0.4 is 11.3 Å². The number of nitrogens with zero attached hydrogens (tertiary/aromatic N) is 1. The summed E-state index contributed by atoms with van der Waals surface area (Å²) in [4.78, 5) is 29.3. The number of aromatic amines is 1. The van der Waals surface area contributed by atoms with Crippen LogP contribution in [0.1, 0.15) is 12.0 Å². The monoisotopic (exact) mass is 277 g/mol. The number of nitrogen functional groups attached to an aromatic ring is 1. The van der Waals surface area contributed by atoms with Crippen LogP contribution in [0.15, 0.2) is 35.1 Å². The van der Waals surface area contributed by atoms with Gasteiger partial charge < -0.3 is 5.73 Å². The highest BCUT2D eigenvalue weighted by Gasteiger charge is 2.13. The van der Waals surface area contributed by atoms with Crippen LogP contribution in [0.4, 0.5) is 5.95 Å². The fraction of sp³-hybridized carbons (Fsp3) is 0.154. The first-order chi connectivity index (χ1) is 9.08. The molecule has 0 bridgehead atoms. The van der Waals surface area contributed by atoms with Crippen molar-refractivity contribution >= 4 is 22.8 Å². The Balaban J connectivity index is 2.52. The molecule has 98 valence electrons. The van der Waals surface area contributed by atoms with Gasteiger partial charge in [-0.3, -0.25) is 14.6 Å². The fourth-order valence-corrected chi connectivity index (χ4v) is 1.90. The summed E-state index contributed by atoms with van der Waals surface area (Å²) in [7, 11) is 0. The van der Waals surface area contributed by atoms with Crippen molar-refractivity contribution < 1.29 is 4.79 Å². The van der Waals surface area contributed by atoms with Gasteiger partial charge in [-0.2, -0.15) is 0 Å². The lowest BCUT2D eigenvalue weighted by atomic mass is 10.0. The molecule has 0 radical (unpaired) electrons. The number of carbonyl (C=O) groups excluding carboxylic acids is 1. The second kappa shape index (κ2) is 5.67. The minimum absolute atomic E-state index is 0.0461. The van der Waals surface area contributed by atoms with Gasteiger partial charge in [0.15, 0.2) is 0 Å². The number of rotatable bonds is 4. The lowest BCUT2D eigenvalue weighted by molar-refractivity contribution is -0.111. The number of benzene rings is 1. The standard InChI is InChI=1S/C13H12ClN3O2/c14-10(18)7-6-9-11(8-4-2-1-3-5-8)16-13(15)17-12(9)19/h1-5H,6-7H2,(H3,15,16,17,19). The Morgan fingerprint density at radius 1 is 1.32 bits per heavy atom. The molecule has 6 heteroatoms. The Kier molecular flexibility index (Phi) is 3.97. The number of nitrogens with two attached hydrogens (primary N) is 1. The van der Waals surface area contributed by atoms with Crippen LogP contribution >= 0.6 is 11.6 Å². The zero-order valence-corrected chi connectivity index (χ0v) is 10.8. The fourth-order valence-electron chi connectivity index (χ4n) is 1.81. The molecule has 2 rings (SSSR count). The van der Waals surface area contributed by atoms with Gasteiger partial charge in [0, 0.05) is 17.5 Å². The van der Waals surface area contributed by atoms with E-state index in [0.717, 1.165) is 5.56 Å². The average molecular weight is 278 g/mol. The molecule has 0 saturated heterocycles. The number of halogens is 1. The lowest BCUT2D eigenvalue weighted by Crippen LogP contribution is -2.18. The SMILES string of the molecule is Nc1nc(-c2ccccc2)c(CCC(=O)Cl)c(=O)[nH]1. The van der Waals surface area contributed by atoms with Gasteiger partial charge in [-0.25, -0.2) is 4.98 Å².